The Morgan fingerprint density at radius 1 is 0.828 bits per heavy atom. The molecule has 0 radical (unpaired) electrons. The van der Waals surface area contributed by atoms with Crippen LogP contribution >= 0.6 is 24.0 Å². The summed E-state index contributed by atoms with van der Waals surface area (Å²) >= 11 is 0. The zero-order valence-corrected chi connectivity index (χ0v) is 19.9. The van der Waals surface area contributed by atoms with Gasteiger partial charge in [-0.1, -0.05) is 18.2 Å². The molecule has 2 aromatic rings. The van der Waals surface area contributed by atoms with Gasteiger partial charge in [0.05, 0.1) is 27.9 Å². The highest BCUT2D eigenvalue weighted by molar-refractivity contribution is 14.0. The SMILES string of the molecule is CCOc1ccccc1CNC(=NC)NCc1ccc(OC)c(OC)c1OC.I. The first-order chi connectivity index (χ1) is 13.7. The van der Waals surface area contributed by atoms with Crippen LogP contribution < -0.4 is 29.6 Å². The lowest BCUT2D eigenvalue weighted by molar-refractivity contribution is 0.322. The molecule has 0 fully saturated rings. The molecule has 0 aliphatic rings. The van der Waals surface area contributed by atoms with Gasteiger partial charge in [0.15, 0.2) is 17.5 Å². The fourth-order valence-corrected chi connectivity index (χ4v) is 2.83. The van der Waals surface area contributed by atoms with Crippen molar-refractivity contribution in [3.63, 3.8) is 0 Å². The van der Waals surface area contributed by atoms with Crippen LogP contribution in [-0.4, -0.2) is 40.9 Å². The highest BCUT2D eigenvalue weighted by Gasteiger charge is 2.16. The first-order valence-electron chi connectivity index (χ1n) is 9.11. The Morgan fingerprint density at radius 3 is 2.07 bits per heavy atom. The maximum atomic E-state index is 5.67. The van der Waals surface area contributed by atoms with E-state index < -0.39 is 0 Å². The molecule has 0 aliphatic carbocycles. The minimum atomic E-state index is 0. The number of hydrogen-bond acceptors (Lipinski definition) is 5. The summed E-state index contributed by atoms with van der Waals surface area (Å²) in [6.45, 7) is 3.71. The number of nitrogens with one attached hydrogen (secondary N) is 2. The van der Waals surface area contributed by atoms with Gasteiger partial charge in [-0.2, -0.15) is 0 Å². The molecule has 160 valence electrons. The first-order valence-corrected chi connectivity index (χ1v) is 9.11. The smallest absolute Gasteiger partial charge is 0.203 e. The number of halogens is 1. The molecule has 2 N–H and O–H groups in total. The van der Waals surface area contributed by atoms with E-state index in [1.54, 1.807) is 28.4 Å². The highest BCUT2D eigenvalue weighted by Crippen LogP contribution is 2.39. The minimum Gasteiger partial charge on any atom is -0.494 e. The average molecular weight is 515 g/mol. The van der Waals surface area contributed by atoms with Gasteiger partial charge in [-0.05, 0) is 25.1 Å². The van der Waals surface area contributed by atoms with Crippen LogP contribution in [-0.2, 0) is 13.1 Å². The third-order valence-corrected chi connectivity index (χ3v) is 4.17. The zero-order valence-electron chi connectivity index (χ0n) is 17.6. The largest absolute Gasteiger partial charge is 0.494 e. The predicted molar refractivity (Wildman–Crippen MR) is 126 cm³/mol. The molecule has 0 bridgehead atoms. The van der Waals surface area contributed by atoms with Gasteiger partial charge in [0.1, 0.15) is 5.75 Å². The normalized spacial score (nSPS) is 10.6. The van der Waals surface area contributed by atoms with Crippen molar-refractivity contribution in [3.8, 4) is 23.0 Å². The summed E-state index contributed by atoms with van der Waals surface area (Å²) in [7, 11) is 6.53. The summed E-state index contributed by atoms with van der Waals surface area (Å²) in [4.78, 5) is 4.28. The van der Waals surface area contributed by atoms with E-state index in [9.17, 15) is 0 Å². The van der Waals surface area contributed by atoms with Crippen molar-refractivity contribution < 1.29 is 18.9 Å². The minimum absolute atomic E-state index is 0. The topological polar surface area (TPSA) is 73.3 Å². The number of aliphatic imine (C=N–C) groups is 1. The van der Waals surface area contributed by atoms with Crippen LogP contribution in [0.15, 0.2) is 41.4 Å². The Bertz CT molecular complexity index is 799. The number of nitrogens with zero attached hydrogens (tertiary/aromatic N) is 1. The number of benzene rings is 2. The molecular weight excluding hydrogens is 485 g/mol. The van der Waals surface area contributed by atoms with E-state index in [1.807, 2.05) is 43.3 Å². The van der Waals surface area contributed by atoms with E-state index >= 15 is 0 Å². The van der Waals surface area contributed by atoms with Crippen LogP contribution in [0.2, 0.25) is 0 Å². The van der Waals surface area contributed by atoms with Gasteiger partial charge in [0.2, 0.25) is 5.75 Å². The predicted octanol–water partition coefficient (Wildman–Crippen LogP) is 3.59. The van der Waals surface area contributed by atoms with Crippen LogP contribution in [0, 0.1) is 0 Å². The van der Waals surface area contributed by atoms with Crippen LogP contribution in [0.4, 0.5) is 0 Å². The van der Waals surface area contributed by atoms with Gasteiger partial charge < -0.3 is 29.6 Å². The quantitative estimate of drug-likeness (QED) is 0.302. The van der Waals surface area contributed by atoms with Crippen molar-refractivity contribution >= 4 is 29.9 Å². The van der Waals surface area contributed by atoms with Gasteiger partial charge in [0, 0.05) is 31.3 Å². The third-order valence-electron chi connectivity index (χ3n) is 4.17. The molecule has 2 rings (SSSR count). The van der Waals surface area contributed by atoms with E-state index in [2.05, 4.69) is 15.6 Å². The molecule has 8 heteroatoms. The fraction of sp³-hybridized carbons (Fsp3) is 0.381. The molecule has 29 heavy (non-hydrogen) atoms. The van der Waals surface area contributed by atoms with Crippen molar-refractivity contribution in [2.45, 2.75) is 20.0 Å². The molecule has 0 saturated heterocycles. The highest BCUT2D eigenvalue weighted by atomic mass is 127. The van der Waals surface area contributed by atoms with E-state index in [4.69, 9.17) is 18.9 Å². The molecule has 0 atom stereocenters. The van der Waals surface area contributed by atoms with Crippen LogP contribution in [0.25, 0.3) is 0 Å². The molecule has 0 spiro atoms. The molecule has 0 aromatic heterocycles. The number of ether oxygens (including phenoxy) is 4. The molecule has 0 saturated carbocycles. The lowest BCUT2D eigenvalue weighted by Gasteiger charge is -2.18. The number of methoxy groups -OCH3 is 3. The summed E-state index contributed by atoms with van der Waals surface area (Å²) in [5, 5.41) is 6.60. The van der Waals surface area contributed by atoms with E-state index in [-0.39, 0.29) is 24.0 Å². The number of hydrogen-bond donors (Lipinski definition) is 2. The summed E-state index contributed by atoms with van der Waals surface area (Å²) < 4.78 is 22.0. The molecule has 0 aliphatic heterocycles. The Balaban J connectivity index is 0.00000420. The first kappa shape index (κ1) is 24.7. The molecule has 7 nitrogen and oxygen atoms in total. The van der Waals surface area contributed by atoms with Crippen molar-refractivity contribution in [1.29, 1.82) is 0 Å². The van der Waals surface area contributed by atoms with Gasteiger partial charge >= 0.3 is 0 Å². The Labute approximate surface area is 189 Å². The van der Waals surface area contributed by atoms with E-state index in [0.717, 1.165) is 16.9 Å². The zero-order chi connectivity index (χ0) is 20.4. The number of para-hydroxylation sites is 1. The summed E-state index contributed by atoms with van der Waals surface area (Å²) in [5.74, 6) is 3.36. The summed E-state index contributed by atoms with van der Waals surface area (Å²) in [6, 6.07) is 11.7. The number of rotatable bonds is 9. The third kappa shape index (κ3) is 6.59. The second-order valence-electron chi connectivity index (χ2n) is 5.81. The molecule has 0 amide bonds. The molecule has 2 aromatic carbocycles. The average Bonchev–Trinajstić information content (AvgIpc) is 2.74. The lowest BCUT2D eigenvalue weighted by Crippen LogP contribution is -2.36. The van der Waals surface area contributed by atoms with Crippen molar-refractivity contribution in [3.05, 3.63) is 47.5 Å². The van der Waals surface area contributed by atoms with Crippen LogP contribution in [0.1, 0.15) is 18.1 Å². The van der Waals surface area contributed by atoms with Crippen molar-refractivity contribution in [2.75, 3.05) is 35.0 Å². The van der Waals surface area contributed by atoms with Crippen LogP contribution in [0.3, 0.4) is 0 Å². The molecule has 0 heterocycles. The van der Waals surface area contributed by atoms with Crippen molar-refractivity contribution in [1.82, 2.24) is 10.6 Å². The fourth-order valence-electron chi connectivity index (χ4n) is 2.83. The second-order valence-corrected chi connectivity index (χ2v) is 5.81. The Kier molecular flexibility index (Phi) is 11.0. The van der Waals surface area contributed by atoms with Gasteiger partial charge in [-0.15, -0.1) is 24.0 Å². The maximum Gasteiger partial charge on any atom is 0.203 e. The standard InChI is InChI=1S/C21H29N3O4.HI/c1-6-28-17-10-8-7-9-15(17)13-23-21(22-2)24-14-16-11-12-18(25-3)20(27-5)19(16)26-4;/h7-12H,6,13-14H2,1-5H3,(H2,22,23,24);1H. The summed E-state index contributed by atoms with van der Waals surface area (Å²) in [5.41, 5.74) is 1.99. The van der Waals surface area contributed by atoms with E-state index in [0.29, 0.717) is 42.9 Å². The summed E-state index contributed by atoms with van der Waals surface area (Å²) in [6.07, 6.45) is 0. The lowest BCUT2D eigenvalue weighted by atomic mass is 10.1. The van der Waals surface area contributed by atoms with Gasteiger partial charge in [0.25, 0.3) is 0 Å². The second kappa shape index (κ2) is 13.0. The Morgan fingerprint density at radius 2 is 1.48 bits per heavy atom. The monoisotopic (exact) mass is 515 g/mol. The van der Waals surface area contributed by atoms with Gasteiger partial charge in [-0.25, -0.2) is 0 Å². The maximum absolute atomic E-state index is 5.67. The van der Waals surface area contributed by atoms with Crippen molar-refractivity contribution in [2.24, 2.45) is 4.99 Å². The van der Waals surface area contributed by atoms with E-state index in [1.165, 1.54) is 0 Å². The molecule has 0 unspecified atom stereocenters. The molecular formula is C21H30IN3O4. The Hall–Kier alpha value is -2.36. The van der Waals surface area contributed by atoms with Gasteiger partial charge in [-0.3, -0.25) is 4.99 Å². The van der Waals surface area contributed by atoms with Crippen LogP contribution in [0.5, 0.6) is 23.0 Å². The number of guanidine groups is 1.